The van der Waals surface area contributed by atoms with Gasteiger partial charge in [0, 0.05) is 44.0 Å². The Bertz CT molecular complexity index is 474. The van der Waals surface area contributed by atoms with Gasteiger partial charge in [-0.2, -0.15) is 0 Å². The van der Waals surface area contributed by atoms with Crippen molar-refractivity contribution in [1.29, 1.82) is 0 Å². The van der Waals surface area contributed by atoms with Crippen LogP contribution >= 0.6 is 0 Å². The molecule has 0 spiro atoms. The molecular weight excluding hydrogens is 260 g/mol. The van der Waals surface area contributed by atoms with Gasteiger partial charge in [0.05, 0.1) is 0 Å². The molecule has 2 aliphatic heterocycles. The van der Waals surface area contributed by atoms with Gasteiger partial charge in [-0.25, -0.2) is 4.98 Å². The highest BCUT2D eigenvalue weighted by Gasteiger charge is 2.34. The highest BCUT2D eigenvalue weighted by Crippen LogP contribution is 2.30. The SMILES string of the molecule is CC(C)NCc1ccnc(N2CCC3CCC(C2)N3C)c1. The Morgan fingerprint density at radius 2 is 2.10 bits per heavy atom. The minimum absolute atomic E-state index is 0.518. The van der Waals surface area contributed by atoms with Crippen molar-refractivity contribution < 1.29 is 0 Å². The number of likely N-dealkylation sites (N-methyl/N-ethyl adjacent to an activating group) is 1. The van der Waals surface area contributed by atoms with Crippen molar-refractivity contribution in [2.24, 2.45) is 0 Å². The lowest BCUT2D eigenvalue weighted by atomic mass is 10.1. The minimum Gasteiger partial charge on any atom is -0.355 e. The maximum absolute atomic E-state index is 4.62. The van der Waals surface area contributed by atoms with Gasteiger partial charge in [-0.3, -0.25) is 4.90 Å². The summed E-state index contributed by atoms with van der Waals surface area (Å²) in [6.07, 6.45) is 5.94. The zero-order chi connectivity index (χ0) is 14.8. The summed E-state index contributed by atoms with van der Waals surface area (Å²) in [5.41, 5.74) is 1.33. The fourth-order valence-electron chi connectivity index (χ4n) is 3.58. The van der Waals surface area contributed by atoms with Crippen molar-refractivity contribution in [3.63, 3.8) is 0 Å². The predicted octanol–water partition coefficient (Wildman–Crippen LogP) is 2.25. The van der Waals surface area contributed by atoms with Crippen LogP contribution in [-0.4, -0.2) is 48.1 Å². The smallest absolute Gasteiger partial charge is 0.128 e. The van der Waals surface area contributed by atoms with Crippen molar-refractivity contribution in [3.8, 4) is 0 Å². The molecule has 2 atom stereocenters. The standard InChI is InChI=1S/C17H28N4/c1-13(2)19-11-14-6-8-18-17(10-14)21-9-7-15-4-5-16(12-21)20(15)3/h6,8,10,13,15-16,19H,4-5,7,9,11-12H2,1-3H3. The van der Waals surface area contributed by atoms with Gasteiger partial charge in [0.15, 0.2) is 0 Å². The lowest BCUT2D eigenvalue weighted by molar-refractivity contribution is 0.254. The third-order valence-corrected chi connectivity index (χ3v) is 5.00. The van der Waals surface area contributed by atoms with Gasteiger partial charge in [-0.1, -0.05) is 13.8 Å². The van der Waals surface area contributed by atoms with Crippen LogP contribution in [-0.2, 0) is 6.54 Å². The van der Waals surface area contributed by atoms with Crippen molar-refractivity contribution in [2.75, 3.05) is 25.0 Å². The molecule has 2 bridgehead atoms. The second kappa shape index (κ2) is 6.32. The molecule has 4 nitrogen and oxygen atoms in total. The fraction of sp³-hybridized carbons (Fsp3) is 0.706. The lowest BCUT2D eigenvalue weighted by Crippen LogP contribution is -2.37. The fourth-order valence-corrected chi connectivity index (χ4v) is 3.58. The van der Waals surface area contributed by atoms with Crippen LogP contribution < -0.4 is 10.2 Å². The summed E-state index contributed by atoms with van der Waals surface area (Å²) in [5.74, 6) is 1.15. The predicted molar refractivity (Wildman–Crippen MR) is 87.6 cm³/mol. The summed E-state index contributed by atoms with van der Waals surface area (Å²) in [6, 6.07) is 6.38. The van der Waals surface area contributed by atoms with E-state index in [1.807, 2.05) is 6.20 Å². The third-order valence-electron chi connectivity index (χ3n) is 5.00. The highest BCUT2D eigenvalue weighted by atomic mass is 15.3. The Morgan fingerprint density at radius 3 is 2.90 bits per heavy atom. The van der Waals surface area contributed by atoms with Crippen molar-refractivity contribution in [1.82, 2.24) is 15.2 Å². The molecule has 2 saturated heterocycles. The monoisotopic (exact) mass is 288 g/mol. The number of aromatic nitrogens is 1. The Balaban J connectivity index is 1.70. The van der Waals surface area contributed by atoms with Crippen LogP contribution in [0.4, 0.5) is 5.82 Å². The number of nitrogens with one attached hydrogen (secondary N) is 1. The molecule has 0 amide bonds. The zero-order valence-corrected chi connectivity index (χ0v) is 13.5. The Morgan fingerprint density at radius 1 is 1.29 bits per heavy atom. The first kappa shape index (κ1) is 14.8. The molecule has 0 saturated carbocycles. The van der Waals surface area contributed by atoms with Gasteiger partial charge in [0.1, 0.15) is 5.82 Å². The Kier molecular flexibility index (Phi) is 4.45. The molecule has 1 aromatic rings. The number of anilines is 1. The van der Waals surface area contributed by atoms with Crippen LogP contribution in [0.5, 0.6) is 0 Å². The maximum Gasteiger partial charge on any atom is 0.128 e. The quantitative estimate of drug-likeness (QED) is 0.921. The van der Waals surface area contributed by atoms with E-state index in [4.69, 9.17) is 0 Å². The molecule has 3 heterocycles. The molecule has 2 fully saturated rings. The number of hydrogen-bond donors (Lipinski definition) is 1. The number of nitrogens with zero attached hydrogens (tertiary/aromatic N) is 3. The van der Waals surface area contributed by atoms with Gasteiger partial charge in [0.2, 0.25) is 0 Å². The first-order chi connectivity index (χ1) is 10.1. The summed E-state index contributed by atoms with van der Waals surface area (Å²) >= 11 is 0. The largest absolute Gasteiger partial charge is 0.355 e. The van der Waals surface area contributed by atoms with E-state index in [-0.39, 0.29) is 0 Å². The molecule has 2 unspecified atom stereocenters. The van der Waals surface area contributed by atoms with Crippen LogP contribution in [0.3, 0.4) is 0 Å². The number of rotatable bonds is 4. The second-order valence-electron chi connectivity index (χ2n) is 6.84. The van der Waals surface area contributed by atoms with Crippen LogP contribution in [0.2, 0.25) is 0 Å². The van der Waals surface area contributed by atoms with E-state index in [1.165, 1.54) is 24.8 Å². The summed E-state index contributed by atoms with van der Waals surface area (Å²) in [6.45, 7) is 7.56. The summed E-state index contributed by atoms with van der Waals surface area (Å²) in [7, 11) is 2.29. The van der Waals surface area contributed by atoms with E-state index in [0.29, 0.717) is 12.1 Å². The maximum atomic E-state index is 4.62. The number of pyridine rings is 1. The van der Waals surface area contributed by atoms with Crippen LogP contribution in [0.15, 0.2) is 18.3 Å². The summed E-state index contributed by atoms with van der Waals surface area (Å²) in [4.78, 5) is 9.69. The zero-order valence-electron chi connectivity index (χ0n) is 13.5. The molecular formula is C17H28N4. The first-order valence-corrected chi connectivity index (χ1v) is 8.28. The molecule has 1 aromatic heterocycles. The molecule has 4 heteroatoms. The molecule has 21 heavy (non-hydrogen) atoms. The molecule has 0 radical (unpaired) electrons. The van der Waals surface area contributed by atoms with Gasteiger partial charge < -0.3 is 10.2 Å². The Labute approximate surface area is 128 Å². The van der Waals surface area contributed by atoms with Gasteiger partial charge >= 0.3 is 0 Å². The van der Waals surface area contributed by atoms with E-state index < -0.39 is 0 Å². The van der Waals surface area contributed by atoms with Gasteiger partial charge in [0.25, 0.3) is 0 Å². The summed E-state index contributed by atoms with van der Waals surface area (Å²) < 4.78 is 0. The third kappa shape index (κ3) is 3.38. The molecule has 0 aromatic carbocycles. The summed E-state index contributed by atoms with van der Waals surface area (Å²) in [5, 5.41) is 3.48. The molecule has 1 N–H and O–H groups in total. The van der Waals surface area contributed by atoms with Crippen LogP contribution in [0.1, 0.15) is 38.7 Å². The van der Waals surface area contributed by atoms with Crippen LogP contribution in [0, 0.1) is 0 Å². The molecule has 2 aliphatic rings. The lowest BCUT2D eigenvalue weighted by Gasteiger charge is -2.27. The topological polar surface area (TPSA) is 31.4 Å². The first-order valence-electron chi connectivity index (χ1n) is 8.28. The molecule has 3 rings (SSSR count). The second-order valence-corrected chi connectivity index (χ2v) is 6.84. The van der Waals surface area contributed by atoms with Crippen molar-refractivity contribution >= 4 is 5.82 Å². The number of fused-ring (bicyclic) bond motifs is 2. The van der Waals surface area contributed by atoms with E-state index in [1.54, 1.807) is 0 Å². The van der Waals surface area contributed by atoms with E-state index in [2.05, 4.69) is 53.1 Å². The molecule has 0 aliphatic carbocycles. The van der Waals surface area contributed by atoms with Crippen molar-refractivity contribution in [3.05, 3.63) is 23.9 Å². The normalized spacial score (nSPS) is 26.4. The average molecular weight is 288 g/mol. The van der Waals surface area contributed by atoms with E-state index in [9.17, 15) is 0 Å². The molecule has 116 valence electrons. The van der Waals surface area contributed by atoms with Gasteiger partial charge in [-0.05, 0) is 44.0 Å². The van der Waals surface area contributed by atoms with Gasteiger partial charge in [-0.15, -0.1) is 0 Å². The average Bonchev–Trinajstić information content (AvgIpc) is 2.70. The Hall–Kier alpha value is -1.13. The highest BCUT2D eigenvalue weighted by molar-refractivity contribution is 5.41. The number of hydrogen-bond acceptors (Lipinski definition) is 4. The minimum atomic E-state index is 0.518. The van der Waals surface area contributed by atoms with E-state index in [0.717, 1.165) is 31.5 Å². The van der Waals surface area contributed by atoms with Crippen molar-refractivity contribution in [2.45, 2.75) is 57.8 Å². The van der Waals surface area contributed by atoms with E-state index >= 15 is 0 Å². The van der Waals surface area contributed by atoms with Crippen LogP contribution in [0.25, 0.3) is 0 Å².